The maximum atomic E-state index is 15.0. The van der Waals surface area contributed by atoms with E-state index in [1.807, 2.05) is 6.92 Å². The van der Waals surface area contributed by atoms with Gasteiger partial charge in [-0.1, -0.05) is 11.6 Å². The molecule has 2 atom stereocenters. The van der Waals surface area contributed by atoms with Crippen LogP contribution in [-0.2, 0) is 4.79 Å². The van der Waals surface area contributed by atoms with E-state index in [1.54, 1.807) is 39.1 Å². The number of anilines is 1. The van der Waals surface area contributed by atoms with Crippen molar-refractivity contribution in [1.29, 1.82) is 0 Å². The molecule has 2 saturated heterocycles. The Hall–Kier alpha value is -2.22. The van der Waals surface area contributed by atoms with Gasteiger partial charge in [0.2, 0.25) is 5.91 Å². The van der Waals surface area contributed by atoms with Crippen LogP contribution < -0.4 is 4.90 Å². The van der Waals surface area contributed by atoms with Crippen LogP contribution in [0.25, 0.3) is 5.69 Å². The Balaban J connectivity index is 1.56. The summed E-state index contributed by atoms with van der Waals surface area (Å²) < 4.78 is 31.6. The Morgan fingerprint density at radius 1 is 1.25 bits per heavy atom. The predicted molar refractivity (Wildman–Crippen MR) is 102 cm³/mol. The molecule has 4 rings (SSSR count). The Bertz CT molecular complexity index is 874. The highest BCUT2D eigenvalue weighted by Gasteiger charge is 2.50. The highest BCUT2D eigenvalue weighted by atomic mass is 35.5. The van der Waals surface area contributed by atoms with E-state index in [-0.39, 0.29) is 12.5 Å². The van der Waals surface area contributed by atoms with Gasteiger partial charge in [-0.25, -0.2) is 13.5 Å². The van der Waals surface area contributed by atoms with E-state index < -0.39 is 24.3 Å². The zero-order valence-corrected chi connectivity index (χ0v) is 16.3. The molecule has 0 aliphatic carbocycles. The molecule has 0 radical (unpaired) electrons. The van der Waals surface area contributed by atoms with Crippen molar-refractivity contribution < 1.29 is 13.6 Å². The number of hydrogen-bond acceptors (Lipinski definition) is 4. The van der Waals surface area contributed by atoms with Gasteiger partial charge < -0.3 is 9.80 Å². The van der Waals surface area contributed by atoms with E-state index in [4.69, 9.17) is 11.6 Å². The molecule has 150 valence electrons. The highest BCUT2D eigenvalue weighted by Crippen LogP contribution is 2.38. The lowest BCUT2D eigenvalue weighted by Crippen LogP contribution is -2.55. The zero-order valence-electron chi connectivity index (χ0n) is 15.6. The van der Waals surface area contributed by atoms with Crippen molar-refractivity contribution >= 4 is 23.2 Å². The monoisotopic (exact) mass is 409 g/mol. The molecule has 1 amide bonds. The van der Waals surface area contributed by atoms with Crippen LogP contribution in [-0.4, -0.2) is 57.2 Å². The Morgan fingerprint density at radius 2 is 2.07 bits per heavy atom. The number of amides is 1. The van der Waals surface area contributed by atoms with Crippen molar-refractivity contribution in [2.75, 3.05) is 24.5 Å². The summed E-state index contributed by atoms with van der Waals surface area (Å²) in [6.07, 6.45) is 8.09. The van der Waals surface area contributed by atoms with Gasteiger partial charge in [0, 0.05) is 31.5 Å². The molecule has 2 fully saturated rings. The van der Waals surface area contributed by atoms with Crippen molar-refractivity contribution in [3.8, 4) is 5.69 Å². The summed E-state index contributed by atoms with van der Waals surface area (Å²) in [5.74, 6) is -4.81. The second-order valence-electron chi connectivity index (χ2n) is 7.51. The van der Waals surface area contributed by atoms with Crippen molar-refractivity contribution in [1.82, 2.24) is 19.7 Å². The van der Waals surface area contributed by atoms with Gasteiger partial charge in [-0.2, -0.15) is 5.10 Å². The maximum absolute atomic E-state index is 15.0. The van der Waals surface area contributed by atoms with Gasteiger partial charge in [0.15, 0.2) is 0 Å². The number of aromatic nitrogens is 3. The number of likely N-dealkylation sites (tertiary alicyclic amines) is 1. The van der Waals surface area contributed by atoms with Crippen LogP contribution in [0.4, 0.5) is 14.5 Å². The van der Waals surface area contributed by atoms with Gasteiger partial charge in [-0.05, 0) is 32.3 Å². The number of carbonyl (C=O) groups excluding carboxylic acids is 1. The molecule has 0 N–H and O–H groups in total. The van der Waals surface area contributed by atoms with Crippen molar-refractivity contribution in [2.24, 2.45) is 5.92 Å². The molecule has 4 heterocycles. The van der Waals surface area contributed by atoms with E-state index in [2.05, 4.69) is 10.1 Å². The first-order valence-electron chi connectivity index (χ1n) is 9.44. The topological polar surface area (TPSA) is 54.3 Å². The van der Waals surface area contributed by atoms with Gasteiger partial charge in [-0.3, -0.25) is 9.78 Å². The second-order valence-corrected chi connectivity index (χ2v) is 7.95. The molecule has 2 aromatic rings. The first-order valence-corrected chi connectivity index (χ1v) is 9.82. The first-order chi connectivity index (χ1) is 13.4. The molecule has 2 aliphatic heterocycles. The quantitative estimate of drug-likeness (QED) is 0.779. The minimum Gasteiger partial charge on any atom is -0.362 e. The van der Waals surface area contributed by atoms with Crippen LogP contribution in [0.5, 0.6) is 0 Å². The maximum Gasteiger partial charge on any atom is 0.276 e. The van der Waals surface area contributed by atoms with Crippen LogP contribution in [0.2, 0.25) is 5.02 Å². The predicted octanol–water partition coefficient (Wildman–Crippen LogP) is 3.39. The molecule has 0 saturated carbocycles. The van der Waals surface area contributed by atoms with Gasteiger partial charge in [0.25, 0.3) is 5.92 Å². The lowest BCUT2D eigenvalue weighted by atomic mass is 9.90. The molecular formula is C19H22ClF2N5O. The van der Waals surface area contributed by atoms with Gasteiger partial charge in [-0.15, -0.1) is 0 Å². The summed E-state index contributed by atoms with van der Waals surface area (Å²) in [5, 5.41) is 4.62. The third-order valence-electron chi connectivity index (χ3n) is 5.65. The number of rotatable bonds is 3. The minimum absolute atomic E-state index is 0.0378. The number of carbonyl (C=O) groups is 1. The van der Waals surface area contributed by atoms with E-state index in [1.165, 1.54) is 6.20 Å². The number of alkyl halides is 2. The lowest BCUT2D eigenvalue weighted by molar-refractivity contribution is -0.152. The van der Waals surface area contributed by atoms with Gasteiger partial charge in [0.05, 0.1) is 35.3 Å². The largest absolute Gasteiger partial charge is 0.362 e. The summed E-state index contributed by atoms with van der Waals surface area (Å²) in [6.45, 7) is 2.32. The summed E-state index contributed by atoms with van der Waals surface area (Å²) in [7, 11) is 0. The van der Waals surface area contributed by atoms with Crippen LogP contribution in [0.3, 0.4) is 0 Å². The SMILES string of the molecule is C[C@H]1CCCN1C(=O)[C@H]1CCN(c2cnccc2-n2cc(Cl)cn2)CC1(F)F. The van der Waals surface area contributed by atoms with Crippen molar-refractivity contribution in [3.05, 3.63) is 35.9 Å². The number of hydrogen-bond donors (Lipinski definition) is 0. The fourth-order valence-electron chi connectivity index (χ4n) is 4.16. The Labute approximate surface area is 167 Å². The molecule has 0 unspecified atom stereocenters. The Morgan fingerprint density at radius 3 is 2.71 bits per heavy atom. The van der Waals surface area contributed by atoms with E-state index in [0.29, 0.717) is 29.5 Å². The fraction of sp³-hybridized carbons (Fsp3) is 0.526. The molecule has 2 aromatic heterocycles. The summed E-state index contributed by atoms with van der Waals surface area (Å²) in [5.41, 5.74) is 1.16. The van der Waals surface area contributed by atoms with Gasteiger partial charge in [0.1, 0.15) is 5.92 Å². The van der Waals surface area contributed by atoms with Gasteiger partial charge >= 0.3 is 0 Å². The molecule has 0 spiro atoms. The Kier molecular flexibility index (Phi) is 4.99. The number of halogens is 3. The number of nitrogens with zero attached hydrogens (tertiary/aromatic N) is 5. The van der Waals surface area contributed by atoms with Crippen LogP contribution in [0, 0.1) is 5.92 Å². The summed E-state index contributed by atoms with van der Waals surface area (Å²) >= 11 is 5.95. The van der Waals surface area contributed by atoms with E-state index in [0.717, 1.165) is 12.8 Å². The van der Waals surface area contributed by atoms with E-state index in [9.17, 15) is 4.79 Å². The average molecular weight is 410 g/mol. The minimum atomic E-state index is -3.12. The van der Waals surface area contributed by atoms with Crippen LogP contribution in [0.1, 0.15) is 26.2 Å². The standard InChI is InChI=1S/C19H22ClF2N5O/c1-13-3-2-7-26(13)18(28)15-5-8-25(12-19(15,21)22)17-10-23-6-4-16(17)27-11-14(20)9-24-27/h4,6,9-11,13,15H,2-3,5,7-8,12H2,1H3/t13-,15+/m0/s1. The van der Waals surface area contributed by atoms with E-state index >= 15 is 8.78 Å². The number of pyridine rings is 1. The molecular weight excluding hydrogens is 388 g/mol. The molecule has 9 heteroatoms. The molecule has 28 heavy (non-hydrogen) atoms. The third kappa shape index (κ3) is 3.45. The third-order valence-corrected chi connectivity index (χ3v) is 5.84. The summed E-state index contributed by atoms with van der Waals surface area (Å²) in [4.78, 5) is 20.0. The second kappa shape index (κ2) is 7.31. The normalized spacial score (nSPS) is 24.6. The number of piperidine rings is 1. The van der Waals surface area contributed by atoms with Crippen LogP contribution >= 0.6 is 11.6 Å². The van der Waals surface area contributed by atoms with Crippen molar-refractivity contribution in [2.45, 2.75) is 38.2 Å². The fourth-order valence-corrected chi connectivity index (χ4v) is 4.30. The molecule has 0 bridgehead atoms. The molecule has 0 aromatic carbocycles. The van der Waals surface area contributed by atoms with Crippen LogP contribution in [0.15, 0.2) is 30.9 Å². The average Bonchev–Trinajstić information content (AvgIpc) is 3.28. The smallest absolute Gasteiger partial charge is 0.276 e. The van der Waals surface area contributed by atoms with Crippen molar-refractivity contribution in [3.63, 3.8) is 0 Å². The molecule has 2 aliphatic rings. The molecule has 6 nitrogen and oxygen atoms in total. The lowest BCUT2D eigenvalue weighted by Gasteiger charge is -2.40. The first kappa shape index (κ1) is 19.1. The highest BCUT2D eigenvalue weighted by molar-refractivity contribution is 6.30. The summed E-state index contributed by atoms with van der Waals surface area (Å²) in [6, 6.07) is 1.75. The zero-order chi connectivity index (χ0) is 19.9.